The molecule has 0 unspecified atom stereocenters. The Bertz CT molecular complexity index is 592. The molecule has 104 valence electrons. The van der Waals surface area contributed by atoms with Crippen molar-refractivity contribution >= 4 is 29.3 Å². The Morgan fingerprint density at radius 1 is 1.35 bits per heavy atom. The molecule has 0 aliphatic heterocycles. The van der Waals surface area contributed by atoms with Crippen LogP contribution in [0.5, 0.6) is 0 Å². The maximum atomic E-state index is 12.0. The van der Waals surface area contributed by atoms with Crippen LogP contribution < -0.4 is 5.32 Å². The lowest BCUT2D eigenvalue weighted by molar-refractivity contribution is 0.0953. The lowest BCUT2D eigenvalue weighted by atomic mass is 10.1. The number of carbonyl (C=O) groups is 1. The van der Waals surface area contributed by atoms with Gasteiger partial charge in [-0.2, -0.15) is 0 Å². The molecule has 0 fully saturated rings. The minimum Gasteiger partial charge on any atom is -0.352 e. The van der Waals surface area contributed by atoms with Crippen LogP contribution in [0.15, 0.2) is 41.7 Å². The van der Waals surface area contributed by atoms with Crippen LogP contribution in [0.3, 0.4) is 0 Å². The van der Waals surface area contributed by atoms with Crippen molar-refractivity contribution in [3.8, 4) is 0 Å². The third-order valence-corrected chi connectivity index (χ3v) is 3.54. The van der Waals surface area contributed by atoms with Gasteiger partial charge in [0.1, 0.15) is 5.15 Å². The SMILES string of the molecule is CSc1ncc(C(=O)NCCc2ccccc2)c(Cl)n1. The smallest absolute Gasteiger partial charge is 0.256 e. The van der Waals surface area contributed by atoms with Gasteiger partial charge in [-0.05, 0) is 18.2 Å². The highest BCUT2D eigenvalue weighted by atomic mass is 35.5. The average molecular weight is 308 g/mol. The van der Waals surface area contributed by atoms with Crippen LogP contribution in [0.4, 0.5) is 0 Å². The summed E-state index contributed by atoms with van der Waals surface area (Å²) >= 11 is 7.35. The number of aromatic nitrogens is 2. The van der Waals surface area contributed by atoms with Crippen LogP contribution in [0.1, 0.15) is 15.9 Å². The summed E-state index contributed by atoms with van der Waals surface area (Å²) in [6, 6.07) is 9.96. The van der Waals surface area contributed by atoms with Gasteiger partial charge < -0.3 is 5.32 Å². The molecule has 2 aromatic rings. The van der Waals surface area contributed by atoms with Gasteiger partial charge in [0, 0.05) is 12.7 Å². The Kier molecular flexibility index (Phi) is 5.38. The highest BCUT2D eigenvalue weighted by molar-refractivity contribution is 7.98. The van der Waals surface area contributed by atoms with Gasteiger partial charge in [0.05, 0.1) is 5.56 Å². The van der Waals surface area contributed by atoms with Crippen molar-refractivity contribution in [3.05, 3.63) is 52.8 Å². The molecule has 0 aliphatic rings. The normalized spacial score (nSPS) is 10.3. The van der Waals surface area contributed by atoms with E-state index in [1.807, 2.05) is 36.6 Å². The third-order valence-electron chi connectivity index (χ3n) is 2.69. The Hall–Kier alpha value is -1.59. The Labute approximate surface area is 127 Å². The lowest BCUT2D eigenvalue weighted by Gasteiger charge is -2.06. The number of hydrogen-bond acceptors (Lipinski definition) is 4. The second-order valence-corrected chi connectivity index (χ2v) is 5.18. The van der Waals surface area contributed by atoms with Crippen LogP contribution in [0.25, 0.3) is 0 Å². The van der Waals surface area contributed by atoms with E-state index in [0.29, 0.717) is 17.3 Å². The third kappa shape index (κ3) is 3.95. The zero-order valence-corrected chi connectivity index (χ0v) is 12.5. The standard InChI is InChI=1S/C14H14ClN3OS/c1-20-14-17-9-11(12(15)18-14)13(19)16-8-7-10-5-3-2-4-6-10/h2-6,9H,7-8H2,1H3,(H,16,19). The number of nitrogens with one attached hydrogen (secondary N) is 1. The van der Waals surface area contributed by atoms with Crippen molar-refractivity contribution in [2.45, 2.75) is 11.6 Å². The molecule has 0 bridgehead atoms. The van der Waals surface area contributed by atoms with Crippen LogP contribution in [0.2, 0.25) is 5.15 Å². The van der Waals surface area contributed by atoms with Crippen molar-refractivity contribution in [2.75, 3.05) is 12.8 Å². The summed E-state index contributed by atoms with van der Waals surface area (Å²) in [5.41, 5.74) is 1.48. The molecule has 0 aliphatic carbocycles. The van der Waals surface area contributed by atoms with Gasteiger partial charge in [-0.15, -0.1) is 0 Å². The molecule has 20 heavy (non-hydrogen) atoms. The average Bonchev–Trinajstić information content (AvgIpc) is 2.48. The first kappa shape index (κ1) is 14.8. The summed E-state index contributed by atoms with van der Waals surface area (Å²) in [4.78, 5) is 20.1. The number of thioether (sulfide) groups is 1. The first-order valence-corrected chi connectivity index (χ1v) is 7.69. The van der Waals surface area contributed by atoms with Crippen LogP contribution in [-0.4, -0.2) is 28.7 Å². The van der Waals surface area contributed by atoms with Gasteiger partial charge in [-0.25, -0.2) is 9.97 Å². The second-order valence-electron chi connectivity index (χ2n) is 4.05. The summed E-state index contributed by atoms with van der Waals surface area (Å²) in [6.45, 7) is 0.545. The highest BCUT2D eigenvalue weighted by Crippen LogP contribution is 2.16. The van der Waals surface area contributed by atoms with Crippen molar-refractivity contribution in [2.24, 2.45) is 0 Å². The Balaban J connectivity index is 1.92. The largest absolute Gasteiger partial charge is 0.352 e. The van der Waals surface area contributed by atoms with Crippen molar-refractivity contribution < 1.29 is 4.79 Å². The van der Waals surface area contributed by atoms with Crippen LogP contribution in [-0.2, 0) is 6.42 Å². The topological polar surface area (TPSA) is 54.9 Å². The lowest BCUT2D eigenvalue weighted by Crippen LogP contribution is -2.26. The van der Waals surface area contributed by atoms with E-state index >= 15 is 0 Å². The molecule has 2 rings (SSSR count). The molecule has 4 nitrogen and oxygen atoms in total. The molecule has 0 spiro atoms. The van der Waals surface area contributed by atoms with E-state index in [9.17, 15) is 4.79 Å². The number of hydrogen-bond donors (Lipinski definition) is 1. The van der Waals surface area contributed by atoms with E-state index in [1.165, 1.54) is 23.5 Å². The Morgan fingerprint density at radius 2 is 2.10 bits per heavy atom. The molecule has 1 aromatic heterocycles. The van der Waals surface area contributed by atoms with Crippen molar-refractivity contribution in [1.29, 1.82) is 0 Å². The fourth-order valence-corrected chi connectivity index (χ4v) is 2.26. The summed E-state index contributed by atoms with van der Waals surface area (Å²) in [7, 11) is 0. The molecule has 1 N–H and O–H groups in total. The zero-order valence-electron chi connectivity index (χ0n) is 11.0. The molecule has 1 heterocycles. The molecular formula is C14H14ClN3OS. The predicted octanol–water partition coefficient (Wildman–Crippen LogP) is 2.82. The van der Waals surface area contributed by atoms with Gasteiger partial charge in [0.25, 0.3) is 5.91 Å². The summed E-state index contributed by atoms with van der Waals surface area (Å²) < 4.78 is 0. The van der Waals surface area contributed by atoms with E-state index in [-0.39, 0.29) is 11.1 Å². The quantitative estimate of drug-likeness (QED) is 0.524. The number of rotatable bonds is 5. The van der Waals surface area contributed by atoms with Crippen LogP contribution in [0, 0.1) is 0 Å². The second kappa shape index (κ2) is 7.26. The van der Waals surface area contributed by atoms with E-state index in [1.54, 1.807) is 0 Å². The monoisotopic (exact) mass is 307 g/mol. The fraction of sp³-hybridized carbons (Fsp3) is 0.214. The molecule has 0 saturated carbocycles. The molecule has 6 heteroatoms. The summed E-state index contributed by atoms with van der Waals surface area (Å²) in [5.74, 6) is -0.251. The maximum Gasteiger partial charge on any atom is 0.256 e. The number of carbonyl (C=O) groups excluding carboxylic acids is 1. The Morgan fingerprint density at radius 3 is 2.75 bits per heavy atom. The first-order chi connectivity index (χ1) is 9.70. The number of halogens is 1. The molecule has 0 radical (unpaired) electrons. The van der Waals surface area contributed by atoms with E-state index in [4.69, 9.17) is 11.6 Å². The first-order valence-electron chi connectivity index (χ1n) is 6.09. The molecule has 1 aromatic carbocycles. The van der Waals surface area contributed by atoms with E-state index < -0.39 is 0 Å². The van der Waals surface area contributed by atoms with Gasteiger partial charge in [-0.1, -0.05) is 53.7 Å². The number of amides is 1. The fourth-order valence-electron chi connectivity index (χ4n) is 1.66. The number of benzene rings is 1. The molecule has 1 amide bonds. The highest BCUT2D eigenvalue weighted by Gasteiger charge is 2.12. The van der Waals surface area contributed by atoms with Gasteiger partial charge in [0.2, 0.25) is 0 Å². The predicted molar refractivity (Wildman–Crippen MR) is 81.3 cm³/mol. The number of nitrogens with zero attached hydrogens (tertiary/aromatic N) is 2. The van der Waals surface area contributed by atoms with Crippen molar-refractivity contribution in [3.63, 3.8) is 0 Å². The van der Waals surface area contributed by atoms with Crippen molar-refractivity contribution in [1.82, 2.24) is 15.3 Å². The maximum absolute atomic E-state index is 12.0. The van der Waals surface area contributed by atoms with E-state index in [0.717, 1.165) is 6.42 Å². The molecular weight excluding hydrogens is 294 g/mol. The molecule has 0 saturated heterocycles. The summed E-state index contributed by atoms with van der Waals surface area (Å²) in [6.07, 6.45) is 4.08. The minimum absolute atomic E-state index is 0.182. The zero-order chi connectivity index (χ0) is 14.4. The van der Waals surface area contributed by atoms with Gasteiger partial charge >= 0.3 is 0 Å². The molecule has 0 atom stereocenters. The summed E-state index contributed by atoms with van der Waals surface area (Å²) in [5, 5.41) is 3.55. The van der Waals surface area contributed by atoms with Gasteiger partial charge in [0.15, 0.2) is 5.16 Å². The van der Waals surface area contributed by atoms with Crippen LogP contribution >= 0.6 is 23.4 Å². The van der Waals surface area contributed by atoms with Gasteiger partial charge in [-0.3, -0.25) is 4.79 Å². The minimum atomic E-state index is -0.251. The van der Waals surface area contributed by atoms with E-state index in [2.05, 4.69) is 15.3 Å².